The van der Waals surface area contributed by atoms with E-state index >= 15 is 0 Å². The Labute approximate surface area is 178 Å². The lowest BCUT2D eigenvalue weighted by Crippen LogP contribution is -2.45. The number of carbonyl (C=O) groups excluding carboxylic acids is 2. The number of amides is 2. The Morgan fingerprint density at radius 3 is 2.13 bits per heavy atom. The van der Waals surface area contributed by atoms with Gasteiger partial charge < -0.3 is 10.6 Å². The van der Waals surface area contributed by atoms with Crippen LogP contribution in [0.3, 0.4) is 0 Å². The minimum absolute atomic E-state index is 0.135. The highest BCUT2D eigenvalue weighted by Gasteiger charge is 2.44. The second-order valence-corrected chi connectivity index (χ2v) is 8.72. The molecule has 30 heavy (non-hydrogen) atoms. The molecule has 0 aromatic heterocycles. The predicted molar refractivity (Wildman–Crippen MR) is 118 cm³/mol. The van der Waals surface area contributed by atoms with Crippen LogP contribution in [0, 0.1) is 32.1 Å². The molecule has 2 aliphatic heterocycles. The molecule has 0 bridgehead atoms. The highest BCUT2D eigenvalue weighted by atomic mass is 16.2. The van der Waals surface area contributed by atoms with Crippen LogP contribution >= 0.6 is 0 Å². The molecule has 2 saturated heterocycles. The number of benzene rings is 2. The molecule has 2 aromatic rings. The van der Waals surface area contributed by atoms with Crippen molar-refractivity contribution < 1.29 is 9.59 Å². The average Bonchev–Trinajstić information content (AvgIpc) is 3.28. The second kappa shape index (κ2) is 8.60. The van der Waals surface area contributed by atoms with Crippen molar-refractivity contribution in [2.75, 3.05) is 26.2 Å². The van der Waals surface area contributed by atoms with E-state index in [4.69, 9.17) is 5.73 Å². The van der Waals surface area contributed by atoms with Crippen molar-refractivity contribution in [2.24, 2.45) is 17.6 Å². The number of nitrogens with zero attached hydrogens (tertiary/aromatic N) is 2. The first-order valence-corrected chi connectivity index (χ1v) is 10.7. The molecule has 2 amide bonds. The number of primary amides is 1. The summed E-state index contributed by atoms with van der Waals surface area (Å²) in [6.07, 6.45) is 2.70. The molecule has 4 rings (SSSR count). The van der Waals surface area contributed by atoms with Crippen LogP contribution in [0.2, 0.25) is 0 Å². The molecule has 0 aliphatic carbocycles. The van der Waals surface area contributed by atoms with Gasteiger partial charge in [0.05, 0.1) is 6.04 Å². The Bertz CT molecular complexity index is 893. The fourth-order valence-corrected chi connectivity index (χ4v) is 5.04. The Hall–Kier alpha value is -2.66. The molecule has 0 saturated carbocycles. The lowest BCUT2D eigenvalue weighted by molar-refractivity contribution is -0.123. The van der Waals surface area contributed by atoms with E-state index in [2.05, 4.69) is 11.3 Å². The SMILES string of the molecule is Cc1cccc(C)c1C(=O)N1CC2CN(C(C[CH]c3ccccc3)C(N)=O)CC2C1. The normalized spacial score (nSPS) is 22.1. The maximum Gasteiger partial charge on any atom is 0.254 e. The lowest BCUT2D eigenvalue weighted by Gasteiger charge is -2.27. The fourth-order valence-electron chi connectivity index (χ4n) is 5.04. The minimum Gasteiger partial charge on any atom is -0.368 e. The lowest BCUT2D eigenvalue weighted by atomic mass is 10.0. The zero-order valence-electron chi connectivity index (χ0n) is 17.8. The third-order valence-electron chi connectivity index (χ3n) is 6.64. The quantitative estimate of drug-likeness (QED) is 0.805. The smallest absolute Gasteiger partial charge is 0.254 e. The van der Waals surface area contributed by atoms with Crippen LogP contribution < -0.4 is 5.73 Å². The minimum atomic E-state index is -0.293. The molecule has 5 heteroatoms. The molecule has 1 radical (unpaired) electrons. The van der Waals surface area contributed by atoms with Crippen LogP contribution in [0.15, 0.2) is 48.5 Å². The van der Waals surface area contributed by atoms with E-state index in [1.54, 1.807) is 0 Å². The molecular formula is C25H30N3O2. The van der Waals surface area contributed by atoms with Crippen molar-refractivity contribution >= 4 is 11.8 Å². The molecule has 2 N–H and O–H groups in total. The number of hydrogen-bond acceptors (Lipinski definition) is 3. The first-order valence-electron chi connectivity index (χ1n) is 10.7. The third-order valence-corrected chi connectivity index (χ3v) is 6.64. The molecule has 2 aromatic carbocycles. The standard InChI is InChI=1S/C25H30N3O2/c1-17-7-6-8-18(2)23(17)25(30)28-15-20-13-27(14-21(20)16-28)22(24(26)29)12-11-19-9-4-3-5-10-19/h3-11,20-22H,12-16H2,1-2H3,(H2,26,29). The van der Waals surface area contributed by atoms with Crippen LogP contribution in [-0.4, -0.2) is 53.8 Å². The number of nitrogens with two attached hydrogens (primary N) is 1. The van der Waals surface area contributed by atoms with E-state index in [1.165, 1.54) is 0 Å². The number of likely N-dealkylation sites (tertiary alicyclic amines) is 2. The van der Waals surface area contributed by atoms with Gasteiger partial charge in [-0.3, -0.25) is 14.5 Å². The number of hydrogen-bond donors (Lipinski definition) is 1. The summed E-state index contributed by atoms with van der Waals surface area (Å²) in [6, 6.07) is 15.7. The Morgan fingerprint density at radius 1 is 0.967 bits per heavy atom. The molecule has 5 nitrogen and oxygen atoms in total. The van der Waals surface area contributed by atoms with Gasteiger partial charge in [0, 0.05) is 31.7 Å². The van der Waals surface area contributed by atoms with Crippen LogP contribution in [-0.2, 0) is 4.79 Å². The van der Waals surface area contributed by atoms with E-state index in [9.17, 15) is 9.59 Å². The molecule has 2 aliphatic rings. The van der Waals surface area contributed by atoms with Gasteiger partial charge in [0.25, 0.3) is 5.91 Å². The highest BCUT2D eigenvalue weighted by Crippen LogP contribution is 2.34. The van der Waals surface area contributed by atoms with E-state index in [0.29, 0.717) is 18.3 Å². The van der Waals surface area contributed by atoms with E-state index in [-0.39, 0.29) is 17.9 Å². The van der Waals surface area contributed by atoms with Gasteiger partial charge in [0.15, 0.2) is 0 Å². The summed E-state index contributed by atoms with van der Waals surface area (Å²) < 4.78 is 0. The molecule has 2 fully saturated rings. The number of fused-ring (bicyclic) bond motifs is 1. The second-order valence-electron chi connectivity index (χ2n) is 8.72. The number of rotatable bonds is 6. The van der Waals surface area contributed by atoms with E-state index in [1.807, 2.05) is 67.3 Å². The summed E-state index contributed by atoms with van der Waals surface area (Å²) in [5.41, 5.74) is 9.75. The molecule has 3 unspecified atom stereocenters. The maximum absolute atomic E-state index is 13.1. The van der Waals surface area contributed by atoms with E-state index in [0.717, 1.165) is 48.4 Å². The van der Waals surface area contributed by atoms with Crippen LogP contribution in [0.5, 0.6) is 0 Å². The van der Waals surface area contributed by atoms with Gasteiger partial charge in [-0.2, -0.15) is 0 Å². The Morgan fingerprint density at radius 2 is 1.57 bits per heavy atom. The van der Waals surface area contributed by atoms with Crippen LogP contribution in [0.4, 0.5) is 0 Å². The van der Waals surface area contributed by atoms with Crippen molar-refractivity contribution in [3.63, 3.8) is 0 Å². The molecular weight excluding hydrogens is 374 g/mol. The maximum atomic E-state index is 13.1. The fraction of sp³-hybridized carbons (Fsp3) is 0.400. The first kappa shape index (κ1) is 20.6. The average molecular weight is 405 g/mol. The number of aryl methyl sites for hydroxylation is 2. The van der Waals surface area contributed by atoms with Gasteiger partial charge >= 0.3 is 0 Å². The van der Waals surface area contributed by atoms with Gasteiger partial charge in [-0.1, -0.05) is 48.5 Å². The zero-order valence-corrected chi connectivity index (χ0v) is 17.8. The molecule has 0 spiro atoms. The third kappa shape index (κ3) is 4.12. The highest BCUT2D eigenvalue weighted by molar-refractivity contribution is 5.97. The summed E-state index contributed by atoms with van der Waals surface area (Å²) in [7, 11) is 0. The van der Waals surface area contributed by atoms with Crippen LogP contribution in [0.25, 0.3) is 0 Å². The Balaban J connectivity index is 1.38. The van der Waals surface area contributed by atoms with E-state index < -0.39 is 0 Å². The molecule has 3 atom stereocenters. The summed E-state index contributed by atoms with van der Waals surface area (Å²) in [5.74, 6) is 0.662. The van der Waals surface area contributed by atoms with Gasteiger partial charge in [0.1, 0.15) is 0 Å². The summed E-state index contributed by atoms with van der Waals surface area (Å²) in [6.45, 7) is 7.14. The largest absolute Gasteiger partial charge is 0.368 e. The summed E-state index contributed by atoms with van der Waals surface area (Å²) >= 11 is 0. The van der Waals surface area contributed by atoms with Crippen molar-refractivity contribution in [1.29, 1.82) is 0 Å². The Kier molecular flexibility index (Phi) is 5.91. The first-order chi connectivity index (χ1) is 14.4. The van der Waals surface area contributed by atoms with Crippen molar-refractivity contribution in [3.05, 3.63) is 77.2 Å². The summed E-state index contributed by atoms with van der Waals surface area (Å²) in [5, 5.41) is 0. The van der Waals surface area contributed by atoms with Crippen LogP contribution in [0.1, 0.15) is 33.5 Å². The number of carbonyl (C=O) groups is 2. The predicted octanol–water partition coefficient (Wildman–Crippen LogP) is 2.80. The molecule has 2 heterocycles. The van der Waals surface area contributed by atoms with Gasteiger partial charge in [-0.05, 0) is 55.2 Å². The van der Waals surface area contributed by atoms with Crippen molar-refractivity contribution in [2.45, 2.75) is 26.3 Å². The monoisotopic (exact) mass is 404 g/mol. The van der Waals surface area contributed by atoms with Gasteiger partial charge in [0.2, 0.25) is 5.91 Å². The summed E-state index contributed by atoms with van der Waals surface area (Å²) in [4.78, 5) is 29.5. The molecule has 157 valence electrons. The van der Waals surface area contributed by atoms with Gasteiger partial charge in [-0.25, -0.2) is 0 Å². The topological polar surface area (TPSA) is 66.6 Å². The van der Waals surface area contributed by atoms with Crippen molar-refractivity contribution in [3.8, 4) is 0 Å². The van der Waals surface area contributed by atoms with Crippen molar-refractivity contribution in [1.82, 2.24) is 9.80 Å². The van der Waals surface area contributed by atoms with Gasteiger partial charge in [-0.15, -0.1) is 0 Å². The zero-order chi connectivity index (χ0) is 21.3.